The van der Waals surface area contributed by atoms with Gasteiger partial charge in [0.15, 0.2) is 6.61 Å². The molecule has 0 aliphatic carbocycles. The van der Waals surface area contributed by atoms with Crippen LogP contribution in [0.1, 0.15) is 31.9 Å². The topological polar surface area (TPSA) is 65.3 Å². The summed E-state index contributed by atoms with van der Waals surface area (Å²) in [5.74, 6) is 0.696. The summed E-state index contributed by atoms with van der Waals surface area (Å²) in [6.45, 7) is 4.31. The maximum atomic E-state index is 9.15. The minimum atomic E-state index is 0.0651. The van der Waals surface area contributed by atoms with Crippen molar-refractivity contribution in [3.63, 3.8) is 0 Å². The van der Waals surface area contributed by atoms with Gasteiger partial charge < -0.3 is 15.2 Å². The summed E-state index contributed by atoms with van der Waals surface area (Å²) in [4.78, 5) is 0. The molecule has 4 heteroatoms. The average molecular weight is 248 g/mol. The summed E-state index contributed by atoms with van der Waals surface area (Å²) in [6, 6.07) is 9.86. The van der Waals surface area contributed by atoms with Crippen molar-refractivity contribution >= 4 is 0 Å². The normalized spacial score (nSPS) is 13.7. The van der Waals surface area contributed by atoms with Gasteiger partial charge >= 0.3 is 0 Å². The second-order valence-corrected chi connectivity index (χ2v) is 4.19. The van der Waals surface area contributed by atoms with Crippen molar-refractivity contribution < 1.29 is 9.84 Å². The van der Waals surface area contributed by atoms with E-state index in [1.807, 2.05) is 37.3 Å². The van der Waals surface area contributed by atoms with E-state index in [1.54, 1.807) is 0 Å². The van der Waals surface area contributed by atoms with Crippen molar-refractivity contribution in [1.82, 2.24) is 5.32 Å². The minimum Gasteiger partial charge on any atom is -0.479 e. The van der Waals surface area contributed by atoms with Gasteiger partial charge in [0.1, 0.15) is 11.8 Å². The molecule has 2 atom stereocenters. The maximum absolute atomic E-state index is 9.15. The Morgan fingerprint density at radius 2 is 2.06 bits per heavy atom. The molecular formula is C14H20N2O2. The fourth-order valence-corrected chi connectivity index (χ4v) is 1.72. The van der Waals surface area contributed by atoms with E-state index < -0.39 is 0 Å². The molecule has 0 saturated carbocycles. The van der Waals surface area contributed by atoms with E-state index in [9.17, 15) is 0 Å². The summed E-state index contributed by atoms with van der Waals surface area (Å²) >= 11 is 0. The second kappa shape index (κ2) is 7.70. The number of nitrogens with zero attached hydrogens (tertiary/aromatic N) is 1. The first-order valence-electron chi connectivity index (χ1n) is 6.17. The highest BCUT2D eigenvalue weighted by Gasteiger charge is 2.10. The molecule has 0 spiro atoms. The molecule has 1 aromatic carbocycles. The van der Waals surface area contributed by atoms with Gasteiger partial charge in [0.25, 0.3) is 0 Å². The Kier molecular flexibility index (Phi) is 6.20. The number of aliphatic hydroxyl groups is 1. The zero-order chi connectivity index (χ0) is 13.4. The molecule has 0 aromatic heterocycles. The fourth-order valence-electron chi connectivity index (χ4n) is 1.72. The third-order valence-corrected chi connectivity index (χ3v) is 2.88. The Balaban J connectivity index is 2.58. The fraction of sp³-hybridized carbons (Fsp3) is 0.500. The number of ether oxygens (including phenoxy) is 1. The molecule has 0 aliphatic heterocycles. The molecule has 0 saturated heterocycles. The van der Waals surface area contributed by atoms with Gasteiger partial charge in [-0.3, -0.25) is 0 Å². The molecule has 18 heavy (non-hydrogen) atoms. The van der Waals surface area contributed by atoms with Crippen LogP contribution >= 0.6 is 0 Å². The predicted octanol–water partition coefficient (Wildman–Crippen LogP) is 2.01. The Morgan fingerprint density at radius 3 is 2.56 bits per heavy atom. The van der Waals surface area contributed by atoms with Crippen LogP contribution in [0.25, 0.3) is 0 Å². The lowest BCUT2D eigenvalue weighted by Crippen LogP contribution is -2.33. The molecule has 1 unspecified atom stereocenters. The van der Waals surface area contributed by atoms with Crippen LogP contribution in [0, 0.1) is 11.3 Å². The summed E-state index contributed by atoms with van der Waals surface area (Å²) in [6.07, 6.45) is 0.893. The summed E-state index contributed by atoms with van der Waals surface area (Å²) in [5.41, 5.74) is 1.13. The quantitative estimate of drug-likeness (QED) is 0.774. The monoisotopic (exact) mass is 248 g/mol. The van der Waals surface area contributed by atoms with Gasteiger partial charge in [0, 0.05) is 12.1 Å². The van der Waals surface area contributed by atoms with E-state index >= 15 is 0 Å². The first kappa shape index (κ1) is 14.5. The van der Waals surface area contributed by atoms with Crippen LogP contribution in [-0.2, 0) is 0 Å². The third-order valence-electron chi connectivity index (χ3n) is 2.88. The first-order chi connectivity index (χ1) is 8.71. The number of hydrogen-bond donors (Lipinski definition) is 2. The first-order valence-corrected chi connectivity index (χ1v) is 6.17. The summed E-state index contributed by atoms with van der Waals surface area (Å²) in [7, 11) is 0. The van der Waals surface area contributed by atoms with Crippen LogP contribution in [0.5, 0.6) is 5.75 Å². The van der Waals surface area contributed by atoms with Gasteiger partial charge in [0.2, 0.25) is 0 Å². The van der Waals surface area contributed by atoms with Crippen molar-refractivity contribution in [1.29, 1.82) is 5.26 Å². The van der Waals surface area contributed by atoms with E-state index in [2.05, 4.69) is 12.2 Å². The van der Waals surface area contributed by atoms with E-state index in [0.717, 1.165) is 12.0 Å². The predicted molar refractivity (Wildman–Crippen MR) is 70.3 cm³/mol. The average Bonchev–Trinajstić information content (AvgIpc) is 2.42. The smallest absolute Gasteiger partial charge is 0.174 e. The molecule has 0 fully saturated rings. The molecule has 0 amide bonds. The SMILES string of the molecule is CC[C@H](CO)NC(C)c1ccc(OCC#N)cc1. The van der Waals surface area contributed by atoms with Gasteiger partial charge in [-0.15, -0.1) is 0 Å². The molecule has 0 bridgehead atoms. The standard InChI is InChI=1S/C14H20N2O2/c1-3-13(10-17)16-11(2)12-4-6-14(7-5-12)18-9-8-15/h4-7,11,13,16-17H,3,9-10H2,1-2H3/t11?,13-/m1/s1. The Morgan fingerprint density at radius 1 is 1.39 bits per heavy atom. The van der Waals surface area contributed by atoms with Crippen molar-refractivity contribution in [3.05, 3.63) is 29.8 Å². The van der Waals surface area contributed by atoms with E-state index in [4.69, 9.17) is 15.1 Å². The highest BCUT2D eigenvalue weighted by atomic mass is 16.5. The molecule has 4 nitrogen and oxygen atoms in total. The van der Waals surface area contributed by atoms with Gasteiger partial charge in [-0.2, -0.15) is 5.26 Å². The van der Waals surface area contributed by atoms with E-state index in [-0.39, 0.29) is 25.3 Å². The van der Waals surface area contributed by atoms with Gasteiger partial charge in [0.05, 0.1) is 6.61 Å². The number of hydrogen-bond acceptors (Lipinski definition) is 4. The number of benzene rings is 1. The van der Waals surface area contributed by atoms with Crippen molar-refractivity contribution in [3.8, 4) is 11.8 Å². The molecule has 0 heterocycles. The van der Waals surface area contributed by atoms with Crippen LogP contribution in [0.15, 0.2) is 24.3 Å². The highest BCUT2D eigenvalue weighted by molar-refractivity contribution is 5.29. The molecule has 0 radical (unpaired) electrons. The lowest BCUT2D eigenvalue weighted by atomic mass is 10.1. The van der Waals surface area contributed by atoms with Crippen LogP contribution in [0.4, 0.5) is 0 Å². The van der Waals surface area contributed by atoms with Crippen LogP contribution < -0.4 is 10.1 Å². The Hall–Kier alpha value is -1.57. The molecular weight excluding hydrogens is 228 g/mol. The minimum absolute atomic E-state index is 0.0651. The lowest BCUT2D eigenvalue weighted by Gasteiger charge is -2.21. The Bertz CT molecular complexity index is 380. The molecule has 98 valence electrons. The Labute approximate surface area is 108 Å². The van der Waals surface area contributed by atoms with Gasteiger partial charge in [-0.1, -0.05) is 19.1 Å². The largest absolute Gasteiger partial charge is 0.479 e. The summed E-state index contributed by atoms with van der Waals surface area (Å²) < 4.78 is 5.19. The summed E-state index contributed by atoms with van der Waals surface area (Å²) in [5, 5.41) is 20.9. The van der Waals surface area contributed by atoms with Crippen LogP contribution in [0.2, 0.25) is 0 Å². The number of rotatable bonds is 7. The molecule has 1 rings (SSSR count). The van der Waals surface area contributed by atoms with Crippen LogP contribution in [0.3, 0.4) is 0 Å². The lowest BCUT2D eigenvalue weighted by molar-refractivity contribution is 0.230. The van der Waals surface area contributed by atoms with Gasteiger partial charge in [-0.05, 0) is 31.0 Å². The van der Waals surface area contributed by atoms with Crippen molar-refractivity contribution in [2.75, 3.05) is 13.2 Å². The van der Waals surface area contributed by atoms with E-state index in [0.29, 0.717) is 5.75 Å². The number of nitrogens with one attached hydrogen (secondary N) is 1. The van der Waals surface area contributed by atoms with Gasteiger partial charge in [-0.25, -0.2) is 0 Å². The van der Waals surface area contributed by atoms with E-state index in [1.165, 1.54) is 0 Å². The van der Waals surface area contributed by atoms with Crippen molar-refractivity contribution in [2.24, 2.45) is 0 Å². The number of nitriles is 1. The van der Waals surface area contributed by atoms with Crippen molar-refractivity contribution in [2.45, 2.75) is 32.4 Å². The third kappa shape index (κ3) is 4.36. The molecule has 2 N–H and O–H groups in total. The van der Waals surface area contributed by atoms with Crippen LogP contribution in [-0.4, -0.2) is 24.4 Å². The molecule has 1 aromatic rings. The zero-order valence-electron chi connectivity index (χ0n) is 10.9. The molecule has 0 aliphatic rings. The highest BCUT2D eigenvalue weighted by Crippen LogP contribution is 2.18. The zero-order valence-corrected chi connectivity index (χ0v) is 10.9. The second-order valence-electron chi connectivity index (χ2n) is 4.19. The maximum Gasteiger partial charge on any atom is 0.174 e. The number of aliphatic hydroxyl groups excluding tert-OH is 1.